The number of halogens is 1. The van der Waals surface area contributed by atoms with E-state index in [2.05, 4.69) is 14.7 Å². The number of fused-ring (bicyclic) bond motifs is 3. The predicted molar refractivity (Wildman–Crippen MR) is 69.9 cm³/mol. The van der Waals surface area contributed by atoms with E-state index >= 15 is 0 Å². The average molecular weight is 261 g/mol. The van der Waals surface area contributed by atoms with Crippen molar-refractivity contribution in [2.45, 2.75) is 0 Å². The first-order chi connectivity index (χ1) is 8.70. The van der Waals surface area contributed by atoms with Crippen molar-refractivity contribution in [3.05, 3.63) is 41.2 Å². The molecule has 0 aliphatic heterocycles. The normalized spacial score (nSPS) is 11.0. The highest BCUT2D eigenvalue weighted by Crippen LogP contribution is 2.29. The second-order valence-corrected chi connectivity index (χ2v) is 4.24. The van der Waals surface area contributed by atoms with Gasteiger partial charge in [-0.3, -0.25) is 0 Å². The minimum atomic E-state index is -0.496. The molecular weight excluding hydrogens is 252 g/mol. The number of methoxy groups -OCH3 is 1. The summed E-state index contributed by atoms with van der Waals surface area (Å²) in [6.07, 6.45) is 0. The molecule has 4 nitrogen and oxygen atoms in total. The van der Waals surface area contributed by atoms with Crippen molar-refractivity contribution in [2.75, 3.05) is 7.11 Å². The average Bonchev–Trinajstić information content (AvgIpc) is 2.77. The van der Waals surface area contributed by atoms with E-state index in [0.29, 0.717) is 0 Å². The number of carbonyl (C=O) groups excluding carboxylic acids is 1. The number of nitrogens with one attached hydrogen (secondary N) is 1. The Bertz CT molecular complexity index is 764. The standard InChI is InChI=1S/C13H9ClN2O2/c1-18-13(17)10-6-8-7-4-2-3-5-9(7)15-11(8)12(14)16-10/h2-6,15H,1H3. The summed E-state index contributed by atoms with van der Waals surface area (Å²) in [5.74, 6) is -0.496. The van der Waals surface area contributed by atoms with Gasteiger partial charge < -0.3 is 9.72 Å². The van der Waals surface area contributed by atoms with Crippen molar-refractivity contribution in [2.24, 2.45) is 0 Å². The molecule has 0 atom stereocenters. The third-order valence-corrected chi connectivity index (χ3v) is 3.12. The van der Waals surface area contributed by atoms with E-state index in [1.807, 2.05) is 24.3 Å². The Kier molecular flexibility index (Phi) is 2.45. The second kappa shape index (κ2) is 3.99. The number of esters is 1. The molecule has 0 radical (unpaired) electrons. The van der Waals surface area contributed by atoms with Crippen LogP contribution in [0.3, 0.4) is 0 Å². The minimum Gasteiger partial charge on any atom is -0.464 e. The van der Waals surface area contributed by atoms with Gasteiger partial charge in [-0.2, -0.15) is 0 Å². The predicted octanol–water partition coefficient (Wildman–Crippen LogP) is 3.16. The second-order valence-electron chi connectivity index (χ2n) is 3.88. The van der Waals surface area contributed by atoms with Crippen LogP contribution in [0.1, 0.15) is 10.5 Å². The van der Waals surface area contributed by atoms with E-state index in [4.69, 9.17) is 11.6 Å². The first-order valence-corrected chi connectivity index (χ1v) is 5.74. The fourth-order valence-electron chi connectivity index (χ4n) is 2.02. The van der Waals surface area contributed by atoms with Crippen LogP contribution in [-0.2, 0) is 4.74 Å². The summed E-state index contributed by atoms with van der Waals surface area (Å²) in [4.78, 5) is 18.7. The lowest BCUT2D eigenvalue weighted by Gasteiger charge is -2.00. The van der Waals surface area contributed by atoms with Gasteiger partial charge in [0, 0.05) is 16.3 Å². The largest absolute Gasteiger partial charge is 0.464 e. The first kappa shape index (κ1) is 11.0. The molecule has 2 heterocycles. The quantitative estimate of drug-likeness (QED) is 0.540. The fourth-order valence-corrected chi connectivity index (χ4v) is 2.26. The number of rotatable bonds is 1. The number of H-pyrrole nitrogens is 1. The lowest BCUT2D eigenvalue weighted by Crippen LogP contribution is -2.04. The number of para-hydroxylation sites is 1. The van der Waals surface area contributed by atoms with Crippen molar-refractivity contribution >= 4 is 39.4 Å². The lowest BCUT2D eigenvalue weighted by molar-refractivity contribution is 0.0594. The van der Waals surface area contributed by atoms with Crippen LogP contribution >= 0.6 is 11.6 Å². The van der Waals surface area contributed by atoms with Gasteiger partial charge in [0.1, 0.15) is 0 Å². The van der Waals surface area contributed by atoms with Gasteiger partial charge in [0.2, 0.25) is 0 Å². The molecule has 0 saturated heterocycles. The zero-order chi connectivity index (χ0) is 12.7. The van der Waals surface area contributed by atoms with Gasteiger partial charge in [-0.15, -0.1) is 0 Å². The van der Waals surface area contributed by atoms with E-state index in [1.54, 1.807) is 6.07 Å². The summed E-state index contributed by atoms with van der Waals surface area (Å²) in [6.45, 7) is 0. The summed E-state index contributed by atoms with van der Waals surface area (Å²) in [6, 6.07) is 9.46. The van der Waals surface area contributed by atoms with Crippen LogP contribution < -0.4 is 0 Å². The molecular formula is C13H9ClN2O2. The summed E-state index contributed by atoms with van der Waals surface area (Å²) < 4.78 is 4.66. The highest BCUT2D eigenvalue weighted by atomic mass is 35.5. The minimum absolute atomic E-state index is 0.208. The third kappa shape index (κ3) is 1.54. The zero-order valence-corrected chi connectivity index (χ0v) is 10.3. The zero-order valence-electron chi connectivity index (χ0n) is 9.53. The number of ether oxygens (including phenoxy) is 1. The molecule has 90 valence electrons. The molecule has 0 unspecified atom stereocenters. The Balaban J connectivity index is 2.40. The molecule has 0 aliphatic carbocycles. The van der Waals surface area contributed by atoms with Crippen LogP contribution in [0.5, 0.6) is 0 Å². The lowest BCUT2D eigenvalue weighted by atomic mass is 10.1. The third-order valence-electron chi connectivity index (χ3n) is 2.85. The van der Waals surface area contributed by atoms with Gasteiger partial charge in [-0.05, 0) is 12.1 Å². The SMILES string of the molecule is COC(=O)c1cc2c([nH]c3ccccc32)c(Cl)n1. The van der Waals surface area contributed by atoms with Crippen molar-refractivity contribution in [1.29, 1.82) is 0 Å². The van der Waals surface area contributed by atoms with Crippen LogP contribution in [0, 0.1) is 0 Å². The topological polar surface area (TPSA) is 55.0 Å². The van der Waals surface area contributed by atoms with Crippen LogP contribution in [0.25, 0.3) is 21.8 Å². The number of pyridine rings is 1. The molecule has 3 rings (SSSR count). The molecule has 18 heavy (non-hydrogen) atoms. The Morgan fingerprint density at radius 1 is 1.33 bits per heavy atom. The molecule has 0 aliphatic rings. The number of aromatic amines is 1. The van der Waals surface area contributed by atoms with Gasteiger partial charge in [-0.1, -0.05) is 29.8 Å². The van der Waals surface area contributed by atoms with E-state index in [0.717, 1.165) is 21.8 Å². The van der Waals surface area contributed by atoms with Crippen LogP contribution in [0.2, 0.25) is 5.15 Å². The molecule has 3 aromatic rings. The van der Waals surface area contributed by atoms with E-state index in [9.17, 15) is 4.79 Å². The number of hydrogen-bond acceptors (Lipinski definition) is 3. The van der Waals surface area contributed by atoms with Gasteiger partial charge in [0.25, 0.3) is 0 Å². The molecule has 2 aromatic heterocycles. The molecule has 0 amide bonds. The number of aromatic nitrogens is 2. The van der Waals surface area contributed by atoms with Crippen LogP contribution in [0.4, 0.5) is 0 Å². The summed E-state index contributed by atoms with van der Waals surface area (Å²) in [5, 5.41) is 2.14. The van der Waals surface area contributed by atoms with Crippen molar-refractivity contribution in [1.82, 2.24) is 9.97 Å². The van der Waals surface area contributed by atoms with E-state index in [-0.39, 0.29) is 10.8 Å². The summed E-state index contributed by atoms with van der Waals surface area (Å²) in [7, 11) is 1.32. The maximum absolute atomic E-state index is 11.5. The molecule has 0 saturated carbocycles. The molecule has 1 N–H and O–H groups in total. The molecule has 0 fully saturated rings. The number of carbonyl (C=O) groups is 1. The van der Waals surface area contributed by atoms with Crippen molar-refractivity contribution in [3.63, 3.8) is 0 Å². The maximum atomic E-state index is 11.5. The van der Waals surface area contributed by atoms with Crippen molar-refractivity contribution < 1.29 is 9.53 Å². The van der Waals surface area contributed by atoms with Gasteiger partial charge in [0.05, 0.1) is 12.6 Å². The highest BCUT2D eigenvalue weighted by molar-refractivity contribution is 6.35. The van der Waals surface area contributed by atoms with Crippen LogP contribution in [0.15, 0.2) is 30.3 Å². The Morgan fingerprint density at radius 3 is 2.89 bits per heavy atom. The molecule has 0 bridgehead atoms. The maximum Gasteiger partial charge on any atom is 0.356 e. The first-order valence-electron chi connectivity index (χ1n) is 5.36. The van der Waals surface area contributed by atoms with Gasteiger partial charge in [0.15, 0.2) is 10.8 Å². The van der Waals surface area contributed by atoms with E-state index < -0.39 is 5.97 Å². The number of hydrogen-bond donors (Lipinski definition) is 1. The smallest absolute Gasteiger partial charge is 0.356 e. The highest BCUT2D eigenvalue weighted by Gasteiger charge is 2.14. The van der Waals surface area contributed by atoms with Crippen LogP contribution in [-0.4, -0.2) is 23.0 Å². The number of benzene rings is 1. The number of nitrogens with zero attached hydrogens (tertiary/aromatic N) is 1. The fraction of sp³-hybridized carbons (Fsp3) is 0.0769. The summed E-state index contributed by atoms with van der Waals surface area (Å²) >= 11 is 6.08. The Morgan fingerprint density at radius 2 is 2.11 bits per heavy atom. The Labute approximate surface area is 108 Å². The Hall–Kier alpha value is -2.07. The molecule has 0 spiro atoms. The molecule has 1 aromatic carbocycles. The summed E-state index contributed by atoms with van der Waals surface area (Å²) in [5.41, 5.74) is 1.89. The van der Waals surface area contributed by atoms with Gasteiger partial charge >= 0.3 is 5.97 Å². The van der Waals surface area contributed by atoms with Gasteiger partial charge in [-0.25, -0.2) is 9.78 Å². The molecule has 5 heteroatoms. The van der Waals surface area contributed by atoms with Crippen molar-refractivity contribution in [3.8, 4) is 0 Å². The monoisotopic (exact) mass is 260 g/mol. The van der Waals surface area contributed by atoms with E-state index in [1.165, 1.54) is 7.11 Å².